The van der Waals surface area contributed by atoms with Gasteiger partial charge < -0.3 is 10.4 Å². The number of amides is 1. The van der Waals surface area contributed by atoms with Gasteiger partial charge in [-0.05, 0) is 13.8 Å². The Balaban J connectivity index is 2.58. The molecule has 1 atom stereocenters. The molecule has 0 aliphatic heterocycles. The van der Waals surface area contributed by atoms with E-state index in [-0.39, 0.29) is 5.75 Å². The molecule has 0 aliphatic carbocycles. The van der Waals surface area contributed by atoms with Crippen LogP contribution in [0, 0.1) is 0 Å². The molecule has 0 saturated heterocycles. The first-order chi connectivity index (χ1) is 7.84. The van der Waals surface area contributed by atoms with Crippen molar-refractivity contribution in [2.24, 2.45) is 0 Å². The number of carboxylic acids is 1. The molecule has 1 aromatic heterocycles. The predicted molar refractivity (Wildman–Crippen MR) is 65.5 cm³/mol. The molecule has 0 fully saturated rings. The predicted octanol–water partition coefficient (Wildman–Crippen LogP) is 0.693. The number of rotatable bonds is 5. The second-order valence-electron chi connectivity index (χ2n) is 3.69. The second-order valence-corrected chi connectivity index (χ2v) is 6.59. The van der Waals surface area contributed by atoms with Crippen LogP contribution in [0.5, 0.6) is 0 Å². The van der Waals surface area contributed by atoms with Crippen LogP contribution in [0.15, 0.2) is 11.6 Å². The van der Waals surface area contributed by atoms with Gasteiger partial charge in [0.2, 0.25) is 5.91 Å². The van der Waals surface area contributed by atoms with E-state index in [1.807, 2.05) is 0 Å². The minimum atomic E-state index is -1.79. The van der Waals surface area contributed by atoms with Gasteiger partial charge in [-0.25, -0.2) is 4.98 Å². The van der Waals surface area contributed by atoms with Gasteiger partial charge in [0.15, 0.2) is 5.13 Å². The summed E-state index contributed by atoms with van der Waals surface area (Å²) >= 11 is 1.23. The maximum absolute atomic E-state index is 11.7. The van der Waals surface area contributed by atoms with E-state index in [2.05, 4.69) is 10.3 Å². The SMILES string of the molecule is CC(C)(C(=O)O)S(=O)CC(=O)Nc1nccs1. The van der Waals surface area contributed by atoms with E-state index in [1.165, 1.54) is 31.4 Å². The first kappa shape index (κ1) is 13.8. The largest absolute Gasteiger partial charge is 0.480 e. The summed E-state index contributed by atoms with van der Waals surface area (Å²) in [5.41, 5.74) is 0. The summed E-state index contributed by atoms with van der Waals surface area (Å²) in [6.45, 7) is 2.64. The van der Waals surface area contributed by atoms with Crippen molar-refractivity contribution in [3.8, 4) is 0 Å². The molecule has 2 N–H and O–H groups in total. The number of carbonyl (C=O) groups is 2. The fourth-order valence-electron chi connectivity index (χ4n) is 0.837. The van der Waals surface area contributed by atoms with Gasteiger partial charge in [-0.1, -0.05) is 0 Å². The molecular formula is C9H12N2O4S2. The summed E-state index contributed by atoms with van der Waals surface area (Å²) in [5.74, 6) is -2.07. The number of carbonyl (C=O) groups excluding carboxylic acids is 1. The van der Waals surface area contributed by atoms with E-state index in [1.54, 1.807) is 5.38 Å². The summed E-state index contributed by atoms with van der Waals surface area (Å²) in [4.78, 5) is 26.1. The van der Waals surface area contributed by atoms with Gasteiger partial charge in [0, 0.05) is 22.4 Å². The van der Waals surface area contributed by atoms with E-state index in [9.17, 15) is 13.8 Å². The van der Waals surface area contributed by atoms with E-state index in [4.69, 9.17) is 5.11 Å². The van der Waals surface area contributed by atoms with Crippen LogP contribution in [0.3, 0.4) is 0 Å². The maximum atomic E-state index is 11.7. The molecule has 8 heteroatoms. The number of anilines is 1. The van der Waals surface area contributed by atoms with E-state index < -0.39 is 27.4 Å². The Kier molecular flexibility index (Phi) is 4.35. The lowest BCUT2D eigenvalue weighted by atomic mass is 10.2. The van der Waals surface area contributed by atoms with Gasteiger partial charge in [0.05, 0.1) is 0 Å². The van der Waals surface area contributed by atoms with Crippen molar-refractivity contribution in [3.05, 3.63) is 11.6 Å². The molecule has 1 rings (SSSR count). The Hall–Kier alpha value is -1.28. The molecule has 94 valence electrons. The second kappa shape index (κ2) is 5.37. The van der Waals surface area contributed by atoms with Crippen LogP contribution < -0.4 is 5.32 Å². The lowest BCUT2D eigenvalue weighted by molar-refractivity contribution is -0.139. The molecule has 17 heavy (non-hydrogen) atoms. The molecule has 1 heterocycles. The van der Waals surface area contributed by atoms with Gasteiger partial charge in [0.1, 0.15) is 10.5 Å². The van der Waals surface area contributed by atoms with Crippen LogP contribution in [-0.4, -0.2) is 36.7 Å². The van der Waals surface area contributed by atoms with Crippen LogP contribution in [0.4, 0.5) is 5.13 Å². The molecule has 0 spiro atoms. The molecule has 0 bridgehead atoms. The van der Waals surface area contributed by atoms with Crippen molar-refractivity contribution in [1.82, 2.24) is 4.98 Å². The minimum absolute atomic E-state index is 0.362. The van der Waals surface area contributed by atoms with Crippen LogP contribution in [0.1, 0.15) is 13.8 Å². The Labute approximate surface area is 105 Å². The first-order valence-corrected chi connectivity index (χ1v) is 6.85. The van der Waals surface area contributed by atoms with Gasteiger partial charge in [0.25, 0.3) is 0 Å². The summed E-state index contributed by atoms with van der Waals surface area (Å²) in [5, 5.41) is 13.4. The maximum Gasteiger partial charge on any atom is 0.321 e. The molecule has 1 aromatic rings. The third-order valence-corrected chi connectivity index (χ3v) is 4.55. The van der Waals surface area contributed by atoms with Crippen LogP contribution in [0.2, 0.25) is 0 Å². The number of aliphatic carboxylic acids is 1. The number of hydrogen-bond acceptors (Lipinski definition) is 5. The van der Waals surface area contributed by atoms with Gasteiger partial charge in [-0.2, -0.15) is 0 Å². The zero-order valence-corrected chi connectivity index (χ0v) is 10.9. The molecule has 0 radical (unpaired) electrons. The van der Waals surface area contributed by atoms with Crippen LogP contribution in [0.25, 0.3) is 0 Å². The number of nitrogens with zero attached hydrogens (tertiary/aromatic N) is 1. The molecule has 0 aliphatic rings. The Morgan fingerprint density at radius 3 is 2.71 bits per heavy atom. The zero-order valence-electron chi connectivity index (χ0n) is 9.30. The van der Waals surface area contributed by atoms with E-state index >= 15 is 0 Å². The monoisotopic (exact) mass is 276 g/mol. The lowest BCUT2D eigenvalue weighted by Gasteiger charge is -2.17. The molecule has 1 amide bonds. The average molecular weight is 276 g/mol. The molecule has 6 nitrogen and oxygen atoms in total. The first-order valence-electron chi connectivity index (χ1n) is 4.65. The average Bonchev–Trinajstić information content (AvgIpc) is 2.69. The number of aromatic nitrogens is 1. The fourth-order valence-corrected chi connectivity index (χ4v) is 2.25. The van der Waals surface area contributed by atoms with Crippen molar-refractivity contribution in [1.29, 1.82) is 0 Å². The topological polar surface area (TPSA) is 96.4 Å². The third kappa shape index (κ3) is 3.60. The normalized spacial score (nSPS) is 13.1. The highest BCUT2D eigenvalue weighted by molar-refractivity contribution is 7.88. The molecule has 0 saturated carbocycles. The summed E-state index contributed by atoms with van der Waals surface area (Å²) < 4.78 is 10.3. The highest BCUT2D eigenvalue weighted by atomic mass is 32.2. The van der Waals surface area contributed by atoms with Gasteiger partial charge in [-0.3, -0.25) is 13.8 Å². The number of hydrogen-bond donors (Lipinski definition) is 2. The molecule has 1 unspecified atom stereocenters. The Morgan fingerprint density at radius 2 is 2.24 bits per heavy atom. The van der Waals surface area contributed by atoms with Gasteiger partial charge in [-0.15, -0.1) is 11.3 Å². The fraction of sp³-hybridized carbons (Fsp3) is 0.444. The Morgan fingerprint density at radius 1 is 1.59 bits per heavy atom. The van der Waals surface area contributed by atoms with Crippen molar-refractivity contribution >= 4 is 39.1 Å². The Bertz CT molecular complexity index is 442. The van der Waals surface area contributed by atoms with E-state index in [0.29, 0.717) is 5.13 Å². The summed E-state index contributed by atoms with van der Waals surface area (Å²) in [7, 11) is -1.79. The highest BCUT2D eigenvalue weighted by Crippen LogP contribution is 2.15. The smallest absolute Gasteiger partial charge is 0.321 e. The number of nitrogens with one attached hydrogen (secondary N) is 1. The van der Waals surface area contributed by atoms with Crippen molar-refractivity contribution in [2.45, 2.75) is 18.6 Å². The highest BCUT2D eigenvalue weighted by Gasteiger charge is 2.35. The molecular weight excluding hydrogens is 264 g/mol. The van der Waals surface area contributed by atoms with Crippen LogP contribution in [-0.2, 0) is 20.4 Å². The van der Waals surface area contributed by atoms with Crippen LogP contribution >= 0.6 is 11.3 Å². The number of thiazole rings is 1. The lowest BCUT2D eigenvalue weighted by Crippen LogP contribution is -2.40. The van der Waals surface area contributed by atoms with Crippen molar-refractivity contribution in [3.63, 3.8) is 0 Å². The summed E-state index contributed by atoms with van der Waals surface area (Å²) in [6, 6.07) is 0. The minimum Gasteiger partial charge on any atom is -0.480 e. The van der Waals surface area contributed by atoms with E-state index in [0.717, 1.165) is 0 Å². The standard InChI is InChI=1S/C9H12N2O4S2/c1-9(2,7(13)14)17(15)5-6(12)11-8-10-3-4-16-8/h3-4H,5H2,1-2H3,(H,13,14)(H,10,11,12). The number of carboxylic acid groups (broad SMARTS) is 1. The zero-order chi connectivity index (χ0) is 13.1. The third-order valence-electron chi connectivity index (χ3n) is 2.03. The summed E-state index contributed by atoms with van der Waals surface area (Å²) in [6.07, 6.45) is 1.53. The van der Waals surface area contributed by atoms with Crippen molar-refractivity contribution in [2.75, 3.05) is 11.1 Å². The quantitative estimate of drug-likeness (QED) is 0.825. The van der Waals surface area contributed by atoms with Gasteiger partial charge >= 0.3 is 5.97 Å². The van der Waals surface area contributed by atoms with Crippen molar-refractivity contribution < 1.29 is 18.9 Å². The molecule has 0 aromatic carbocycles.